The molecule has 15 heavy (non-hydrogen) atoms. The third kappa shape index (κ3) is 1.31. The minimum Gasteiger partial charge on any atom is -0.234 e. The van der Waals surface area contributed by atoms with E-state index < -0.39 is 0 Å². The van der Waals surface area contributed by atoms with Crippen LogP contribution in [0.3, 0.4) is 0 Å². The van der Waals surface area contributed by atoms with E-state index in [-0.39, 0.29) is 0 Å². The Kier molecular flexibility index (Phi) is 2.18. The van der Waals surface area contributed by atoms with Crippen LogP contribution in [-0.2, 0) is 0 Å². The molecule has 2 heteroatoms. The molecule has 0 amide bonds. The molecule has 0 aromatic rings. The molecule has 0 aromatic heterocycles. The van der Waals surface area contributed by atoms with Gasteiger partial charge in [0.1, 0.15) is 0 Å². The van der Waals surface area contributed by atoms with E-state index in [0.29, 0.717) is 5.41 Å². The van der Waals surface area contributed by atoms with Gasteiger partial charge in [0.2, 0.25) is 0 Å². The van der Waals surface area contributed by atoms with E-state index in [4.69, 9.17) is 0 Å². The second-order valence-electron chi connectivity index (χ2n) is 5.50. The third-order valence-corrected chi connectivity index (χ3v) is 4.90. The molecule has 2 bridgehead atoms. The van der Waals surface area contributed by atoms with Crippen molar-refractivity contribution in [3.63, 3.8) is 0 Å². The van der Waals surface area contributed by atoms with Crippen molar-refractivity contribution in [2.24, 2.45) is 5.41 Å². The summed E-state index contributed by atoms with van der Waals surface area (Å²) < 4.78 is 0. The van der Waals surface area contributed by atoms with Gasteiger partial charge in [-0.15, -0.1) is 0 Å². The van der Waals surface area contributed by atoms with Crippen LogP contribution in [0.25, 0.3) is 0 Å². The summed E-state index contributed by atoms with van der Waals surface area (Å²) in [5, 5.41) is 5.31. The lowest BCUT2D eigenvalue weighted by Gasteiger charge is -2.46. The van der Waals surface area contributed by atoms with Crippen molar-refractivity contribution in [3.8, 4) is 0 Å². The minimum atomic E-state index is 0.576. The van der Waals surface area contributed by atoms with Crippen LogP contribution in [0.2, 0.25) is 0 Å². The monoisotopic (exact) mass is 206 g/mol. The van der Waals surface area contributed by atoms with Crippen LogP contribution in [-0.4, -0.2) is 35.2 Å². The van der Waals surface area contributed by atoms with Gasteiger partial charge in [0.05, 0.1) is 0 Å². The molecule has 3 heterocycles. The first-order chi connectivity index (χ1) is 7.28. The normalized spacial score (nSPS) is 38.5. The van der Waals surface area contributed by atoms with Crippen LogP contribution in [0.5, 0.6) is 0 Å². The summed E-state index contributed by atoms with van der Waals surface area (Å²) in [6.45, 7) is 7.31. The quantitative estimate of drug-likeness (QED) is 0.640. The summed E-state index contributed by atoms with van der Waals surface area (Å²) in [7, 11) is 0. The van der Waals surface area contributed by atoms with Gasteiger partial charge < -0.3 is 0 Å². The van der Waals surface area contributed by atoms with Gasteiger partial charge in [-0.2, -0.15) is 0 Å². The Hall–Kier alpha value is -0.340. The van der Waals surface area contributed by atoms with Gasteiger partial charge in [-0.25, -0.2) is 10.0 Å². The number of hydrogen-bond donors (Lipinski definition) is 0. The molecule has 0 aromatic carbocycles. The van der Waals surface area contributed by atoms with Gasteiger partial charge in [-0.05, 0) is 31.1 Å². The standard InChI is InChI=1S/C13H22N2/c1-3-13(4-2)9-14-11-5-6-12(8-7-11)15(14)10-13/h5-6,11-12H,3-4,7-10H2,1-2H3. The molecule has 2 nitrogen and oxygen atoms in total. The fourth-order valence-corrected chi connectivity index (χ4v) is 3.52. The summed E-state index contributed by atoms with van der Waals surface area (Å²) in [4.78, 5) is 0. The zero-order chi connectivity index (χ0) is 10.5. The van der Waals surface area contributed by atoms with Crippen LogP contribution in [0, 0.1) is 5.41 Å². The van der Waals surface area contributed by atoms with Crippen LogP contribution >= 0.6 is 0 Å². The maximum atomic E-state index is 2.65. The van der Waals surface area contributed by atoms with Crippen LogP contribution in [0.4, 0.5) is 0 Å². The van der Waals surface area contributed by atoms with E-state index in [2.05, 4.69) is 36.0 Å². The molecule has 0 saturated carbocycles. The molecular weight excluding hydrogens is 184 g/mol. The summed E-state index contributed by atoms with van der Waals surface area (Å²) >= 11 is 0. The van der Waals surface area contributed by atoms with Crippen LogP contribution in [0.1, 0.15) is 39.5 Å². The smallest absolute Gasteiger partial charge is 0.0427 e. The fraction of sp³-hybridized carbons (Fsp3) is 0.846. The van der Waals surface area contributed by atoms with E-state index in [0.717, 1.165) is 12.1 Å². The number of hydrazine groups is 1. The van der Waals surface area contributed by atoms with Crippen molar-refractivity contribution in [1.29, 1.82) is 0 Å². The fourth-order valence-electron chi connectivity index (χ4n) is 3.52. The van der Waals surface area contributed by atoms with Crippen molar-refractivity contribution in [1.82, 2.24) is 10.0 Å². The van der Waals surface area contributed by atoms with Crippen molar-refractivity contribution >= 4 is 0 Å². The molecule has 3 aliphatic heterocycles. The van der Waals surface area contributed by atoms with Crippen molar-refractivity contribution in [3.05, 3.63) is 12.2 Å². The zero-order valence-electron chi connectivity index (χ0n) is 9.95. The largest absolute Gasteiger partial charge is 0.234 e. The zero-order valence-corrected chi connectivity index (χ0v) is 9.95. The highest BCUT2D eigenvalue weighted by molar-refractivity contribution is 5.13. The second kappa shape index (κ2) is 3.33. The maximum absolute atomic E-state index is 2.65. The molecule has 4 rings (SSSR count). The average molecular weight is 206 g/mol. The van der Waals surface area contributed by atoms with E-state index in [1.165, 1.54) is 38.8 Å². The first-order valence-electron chi connectivity index (χ1n) is 6.49. The molecule has 2 fully saturated rings. The van der Waals surface area contributed by atoms with E-state index in [1.807, 2.05) is 0 Å². The molecule has 0 radical (unpaired) electrons. The SMILES string of the molecule is CCC1(CC)CN2C3C=CC(CC3)N2C1. The molecule has 0 spiro atoms. The van der Waals surface area contributed by atoms with Crippen molar-refractivity contribution < 1.29 is 0 Å². The number of nitrogens with zero attached hydrogens (tertiary/aromatic N) is 2. The summed E-state index contributed by atoms with van der Waals surface area (Å²) in [6.07, 6.45) is 10.3. The molecular formula is C13H22N2. The van der Waals surface area contributed by atoms with Gasteiger partial charge >= 0.3 is 0 Å². The molecule has 84 valence electrons. The Morgan fingerprint density at radius 1 is 1.00 bits per heavy atom. The van der Waals surface area contributed by atoms with E-state index >= 15 is 0 Å². The van der Waals surface area contributed by atoms with Gasteiger partial charge in [0.25, 0.3) is 0 Å². The van der Waals surface area contributed by atoms with Gasteiger partial charge in [0.15, 0.2) is 0 Å². The predicted octanol–water partition coefficient (Wildman–Crippen LogP) is 2.43. The number of fused-ring (bicyclic) bond motifs is 1. The Labute approximate surface area is 92.9 Å². The molecule has 2 saturated heterocycles. The first-order valence-corrected chi connectivity index (χ1v) is 6.49. The Bertz CT molecular complexity index is 256. The first kappa shape index (κ1) is 9.86. The van der Waals surface area contributed by atoms with Crippen molar-refractivity contribution in [2.75, 3.05) is 13.1 Å². The predicted molar refractivity (Wildman–Crippen MR) is 62.4 cm³/mol. The second-order valence-corrected chi connectivity index (χ2v) is 5.50. The van der Waals surface area contributed by atoms with Crippen LogP contribution < -0.4 is 0 Å². The average Bonchev–Trinajstić information content (AvgIpc) is 2.73. The third-order valence-electron chi connectivity index (χ3n) is 4.90. The van der Waals surface area contributed by atoms with Gasteiger partial charge in [-0.3, -0.25) is 0 Å². The lowest BCUT2D eigenvalue weighted by Crippen LogP contribution is -2.55. The Morgan fingerprint density at radius 2 is 1.47 bits per heavy atom. The topological polar surface area (TPSA) is 6.48 Å². The van der Waals surface area contributed by atoms with Crippen LogP contribution in [0.15, 0.2) is 12.2 Å². The summed E-state index contributed by atoms with van der Waals surface area (Å²) in [6, 6.07) is 1.44. The molecule has 2 atom stereocenters. The lowest BCUT2D eigenvalue weighted by molar-refractivity contribution is -0.0659. The molecule has 4 aliphatic rings. The summed E-state index contributed by atoms with van der Waals surface area (Å²) in [5.41, 5.74) is 0.576. The highest BCUT2D eigenvalue weighted by atomic mass is 15.7. The van der Waals surface area contributed by atoms with E-state index in [9.17, 15) is 0 Å². The van der Waals surface area contributed by atoms with E-state index in [1.54, 1.807) is 0 Å². The number of rotatable bonds is 2. The van der Waals surface area contributed by atoms with Crippen molar-refractivity contribution in [2.45, 2.75) is 51.6 Å². The summed E-state index contributed by atoms with van der Waals surface area (Å²) in [5.74, 6) is 0. The Balaban J connectivity index is 1.86. The number of hydrogen-bond acceptors (Lipinski definition) is 2. The highest BCUT2D eigenvalue weighted by Gasteiger charge is 2.48. The maximum Gasteiger partial charge on any atom is 0.0427 e. The minimum absolute atomic E-state index is 0.576. The molecule has 1 aliphatic carbocycles. The highest BCUT2D eigenvalue weighted by Crippen LogP contribution is 2.43. The van der Waals surface area contributed by atoms with Gasteiger partial charge in [-0.1, -0.05) is 26.0 Å². The Morgan fingerprint density at radius 3 is 1.80 bits per heavy atom. The molecule has 0 N–H and O–H groups in total. The van der Waals surface area contributed by atoms with Gasteiger partial charge in [0, 0.05) is 25.2 Å². The lowest BCUT2D eigenvalue weighted by atomic mass is 9.83. The molecule has 2 unspecified atom stereocenters.